The summed E-state index contributed by atoms with van der Waals surface area (Å²) < 4.78 is 17.9. The van der Waals surface area contributed by atoms with Crippen LogP contribution in [-0.4, -0.2) is 45.3 Å². The standard InChI is InChI=1S/C19H21N3O5/c1-11(2)27-13-7-5-6-12(8-13)22-18(20-21-19(22)26-4)14-9-17(25-3)16(24)10-15(14)23/h5-11,23-24H,1-4H3. The molecule has 8 nitrogen and oxygen atoms in total. The normalized spacial score (nSPS) is 10.9. The van der Waals surface area contributed by atoms with Crippen LogP contribution in [0.15, 0.2) is 36.4 Å². The minimum absolute atomic E-state index is 0.0212. The fourth-order valence-electron chi connectivity index (χ4n) is 2.68. The van der Waals surface area contributed by atoms with Crippen molar-refractivity contribution in [2.75, 3.05) is 14.2 Å². The van der Waals surface area contributed by atoms with Crippen LogP contribution < -0.4 is 14.2 Å². The third-order valence-electron chi connectivity index (χ3n) is 3.80. The molecule has 142 valence electrons. The number of rotatable bonds is 6. The smallest absolute Gasteiger partial charge is 0.321 e. The first-order chi connectivity index (χ1) is 12.9. The highest BCUT2D eigenvalue weighted by molar-refractivity contribution is 5.71. The van der Waals surface area contributed by atoms with Crippen LogP contribution in [0, 0.1) is 0 Å². The van der Waals surface area contributed by atoms with Gasteiger partial charge in [-0.2, -0.15) is 0 Å². The molecule has 0 atom stereocenters. The van der Waals surface area contributed by atoms with Crippen molar-refractivity contribution >= 4 is 0 Å². The highest BCUT2D eigenvalue weighted by Gasteiger charge is 2.21. The summed E-state index contributed by atoms with van der Waals surface area (Å²) in [5, 5.41) is 28.4. The number of phenols is 2. The number of ether oxygens (including phenoxy) is 3. The van der Waals surface area contributed by atoms with Gasteiger partial charge in [0.2, 0.25) is 0 Å². The molecule has 27 heavy (non-hydrogen) atoms. The lowest BCUT2D eigenvalue weighted by Gasteiger charge is -2.14. The number of hydrogen-bond acceptors (Lipinski definition) is 7. The lowest BCUT2D eigenvalue weighted by Crippen LogP contribution is -2.06. The number of hydrogen-bond donors (Lipinski definition) is 2. The van der Waals surface area contributed by atoms with Crippen molar-refractivity contribution in [2.45, 2.75) is 20.0 Å². The molecule has 0 fully saturated rings. The average molecular weight is 371 g/mol. The summed E-state index contributed by atoms with van der Waals surface area (Å²) in [7, 11) is 2.91. The SMILES string of the molecule is COc1cc(-c2nnc(OC)n2-c2cccc(OC(C)C)c2)c(O)cc1O. The summed E-state index contributed by atoms with van der Waals surface area (Å²) in [6.45, 7) is 3.89. The molecule has 0 aliphatic rings. The Morgan fingerprint density at radius 2 is 1.74 bits per heavy atom. The van der Waals surface area contributed by atoms with Gasteiger partial charge in [-0.3, -0.25) is 0 Å². The van der Waals surface area contributed by atoms with Crippen LogP contribution in [0.25, 0.3) is 17.1 Å². The van der Waals surface area contributed by atoms with E-state index in [0.717, 1.165) is 0 Å². The van der Waals surface area contributed by atoms with E-state index in [1.807, 2.05) is 38.1 Å². The fraction of sp³-hybridized carbons (Fsp3) is 0.263. The Morgan fingerprint density at radius 1 is 0.963 bits per heavy atom. The third kappa shape index (κ3) is 3.59. The minimum Gasteiger partial charge on any atom is -0.507 e. The summed E-state index contributed by atoms with van der Waals surface area (Å²) in [5.41, 5.74) is 1.02. The lowest BCUT2D eigenvalue weighted by atomic mass is 10.1. The molecule has 0 aliphatic heterocycles. The van der Waals surface area contributed by atoms with Gasteiger partial charge < -0.3 is 24.4 Å². The Bertz CT molecular complexity index is 953. The Labute approximate surface area is 156 Å². The molecule has 2 aromatic carbocycles. The van der Waals surface area contributed by atoms with E-state index in [-0.39, 0.29) is 29.4 Å². The highest BCUT2D eigenvalue weighted by Crippen LogP contribution is 2.40. The molecule has 1 aromatic heterocycles. The molecule has 0 bridgehead atoms. The van der Waals surface area contributed by atoms with Crippen LogP contribution in [0.5, 0.6) is 29.0 Å². The summed E-state index contributed by atoms with van der Waals surface area (Å²) >= 11 is 0. The number of benzene rings is 2. The molecule has 0 saturated heterocycles. The van der Waals surface area contributed by atoms with Crippen molar-refractivity contribution in [1.29, 1.82) is 0 Å². The maximum atomic E-state index is 10.3. The van der Waals surface area contributed by atoms with Crippen molar-refractivity contribution in [1.82, 2.24) is 14.8 Å². The predicted octanol–water partition coefficient (Wildman–Crippen LogP) is 3.15. The Hall–Kier alpha value is -3.42. The number of aromatic nitrogens is 3. The Morgan fingerprint density at radius 3 is 2.41 bits per heavy atom. The molecule has 0 radical (unpaired) electrons. The second kappa shape index (κ2) is 7.45. The maximum absolute atomic E-state index is 10.3. The number of phenolic OH excluding ortho intramolecular Hbond substituents is 2. The van der Waals surface area contributed by atoms with E-state index in [4.69, 9.17) is 14.2 Å². The van der Waals surface area contributed by atoms with Gasteiger partial charge in [0.25, 0.3) is 0 Å². The highest BCUT2D eigenvalue weighted by atomic mass is 16.5. The topological polar surface area (TPSA) is 98.9 Å². The molecular weight excluding hydrogens is 350 g/mol. The van der Waals surface area contributed by atoms with Crippen molar-refractivity contribution in [3.63, 3.8) is 0 Å². The first kappa shape index (κ1) is 18.4. The van der Waals surface area contributed by atoms with Gasteiger partial charge >= 0.3 is 6.01 Å². The summed E-state index contributed by atoms with van der Waals surface area (Å²) in [6, 6.07) is 10.3. The minimum atomic E-state index is -0.177. The van der Waals surface area contributed by atoms with E-state index in [1.54, 1.807) is 4.57 Å². The molecule has 8 heteroatoms. The van der Waals surface area contributed by atoms with E-state index >= 15 is 0 Å². The van der Waals surface area contributed by atoms with Gasteiger partial charge in [0.1, 0.15) is 11.5 Å². The average Bonchev–Trinajstić information content (AvgIpc) is 3.05. The zero-order valence-electron chi connectivity index (χ0n) is 15.5. The molecule has 0 saturated carbocycles. The van der Waals surface area contributed by atoms with Gasteiger partial charge in [0, 0.05) is 12.1 Å². The van der Waals surface area contributed by atoms with Crippen molar-refractivity contribution < 1.29 is 24.4 Å². The van der Waals surface area contributed by atoms with Crippen LogP contribution in [0.4, 0.5) is 0 Å². The van der Waals surface area contributed by atoms with Crippen LogP contribution in [0.2, 0.25) is 0 Å². The molecular formula is C19H21N3O5. The number of nitrogens with zero attached hydrogens (tertiary/aromatic N) is 3. The van der Waals surface area contributed by atoms with Gasteiger partial charge in [-0.15, -0.1) is 5.10 Å². The van der Waals surface area contributed by atoms with E-state index in [9.17, 15) is 10.2 Å². The maximum Gasteiger partial charge on any atom is 0.321 e. The predicted molar refractivity (Wildman–Crippen MR) is 99.0 cm³/mol. The summed E-state index contributed by atoms with van der Waals surface area (Å²) in [6.07, 6.45) is 0.0212. The van der Waals surface area contributed by atoms with Gasteiger partial charge in [0.05, 0.1) is 31.6 Å². The number of aromatic hydroxyl groups is 2. The summed E-state index contributed by atoms with van der Waals surface area (Å²) in [5.74, 6) is 0.859. The van der Waals surface area contributed by atoms with E-state index in [0.29, 0.717) is 22.8 Å². The molecule has 1 heterocycles. The third-order valence-corrected chi connectivity index (χ3v) is 3.80. The molecule has 0 amide bonds. The molecule has 0 unspecified atom stereocenters. The van der Waals surface area contributed by atoms with Crippen LogP contribution in [-0.2, 0) is 0 Å². The summed E-state index contributed by atoms with van der Waals surface area (Å²) in [4.78, 5) is 0. The molecule has 0 spiro atoms. The van der Waals surface area contributed by atoms with Gasteiger partial charge in [-0.1, -0.05) is 11.2 Å². The van der Waals surface area contributed by atoms with E-state index < -0.39 is 0 Å². The van der Waals surface area contributed by atoms with Gasteiger partial charge in [-0.25, -0.2) is 4.57 Å². The van der Waals surface area contributed by atoms with Crippen molar-refractivity contribution in [3.05, 3.63) is 36.4 Å². The van der Waals surface area contributed by atoms with Crippen LogP contribution >= 0.6 is 0 Å². The quantitative estimate of drug-likeness (QED) is 0.687. The molecule has 2 N–H and O–H groups in total. The van der Waals surface area contributed by atoms with Crippen LogP contribution in [0.3, 0.4) is 0 Å². The lowest BCUT2D eigenvalue weighted by molar-refractivity contribution is 0.242. The Balaban J connectivity index is 2.18. The first-order valence-electron chi connectivity index (χ1n) is 8.31. The zero-order valence-corrected chi connectivity index (χ0v) is 15.5. The van der Waals surface area contributed by atoms with E-state index in [1.165, 1.54) is 26.4 Å². The monoisotopic (exact) mass is 371 g/mol. The fourth-order valence-corrected chi connectivity index (χ4v) is 2.68. The zero-order chi connectivity index (χ0) is 19.6. The van der Waals surface area contributed by atoms with Crippen molar-refractivity contribution in [2.24, 2.45) is 0 Å². The second-order valence-corrected chi connectivity index (χ2v) is 6.05. The number of methoxy groups -OCH3 is 2. The Kier molecular flexibility index (Phi) is 5.07. The van der Waals surface area contributed by atoms with Gasteiger partial charge in [0.15, 0.2) is 17.3 Å². The first-order valence-corrected chi connectivity index (χ1v) is 8.31. The molecule has 0 aliphatic carbocycles. The van der Waals surface area contributed by atoms with Crippen LogP contribution in [0.1, 0.15) is 13.8 Å². The van der Waals surface area contributed by atoms with E-state index in [2.05, 4.69) is 10.2 Å². The second-order valence-electron chi connectivity index (χ2n) is 6.05. The largest absolute Gasteiger partial charge is 0.507 e. The molecule has 3 aromatic rings. The van der Waals surface area contributed by atoms with Crippen molar-refractivity contribution in [3.8, 4) is 46.1 Å². The van der Waals surface area contributed by atoms with Gasteiger partial charge in [-0.05, 0) is 32.0 Å². The molecule has 3 rings (SSSR count).